The minimum absolute atomic E-state index is 0.130. The highest BCUT2D eigenvalue weighted by molar-refractivity contribution is 8.00. The Kier molecular flexibility index (Phi) is 7.38. The third-order valence-corrected chi connectivity index (χ3v) is 5.12. The molecule has 1 saturated heterocycles. The molecule has 0 aromatic heterocycles. The number of hydrogen-bond donors (Lipinski definition) is 4. The number of hydrogen-bond acceptors (Lipinski definition) is 7. The van der Waals surface area contributed by atoms with Crippen molar-refractivity contribution in [2.45, 2.75) is 17.8 Å². The average molecular weight is 410 g/mol. The maximum Gasteiger partial charge on any atom is 0.372 e. The predicted octanol–water partition coefficient (Wildman–Crippen LogP) is -0.516. The summed E-state index contributed by atoms with van der Waals surface area (Å²) in [6.07, 6.45) is -0.638. The number of para-hydroxylation sites is 1. The molecule has 1 heterocycles. The topological polar surface area (TPSA) is 159 Å². The van der Waals surface area contributed by atoms with Gasteiger partial charge in [0.05, 0.1) is 6.42 Å². The van der Waals surface area contributed by atoms with E-state index in [-0.39, 0.29) is 12.4 Å². The van der Waals surface area contributed by atoms with Gasteiger partial charge in [-0.2, -0.15) is 0 Å². The molecule has 1 unspecified atom stereocenters. The van der Waals surface area contributed by atoms with Gasteiger partial charge < -0.3 is 25.6 Å². The van der Waals surface area contributed by atoms with Gasteiger partial charge in [0.2, 0.25) is 11.7 Å². The van der Waals surface area contributed by atoms with Crippen LogP contribution >= 0.6 is 11.8 Å². The molecule has 10 nitrogen and oxygen atoms in total. The van der Waals surface area contributed by atoms with Crippen molar-refractivity contribution in [1.29, 1.82) is 0 Å². The Hall–Kier alpha value is -3.08. The average Bonchev–Trinajstić information content (AvgIpc) is 2.66. The van der Waals surface area contributed by atoms with Crippen molar-refractivity contribution in [1.82, 2.24) is 10.6 Å². The fourth-order valence-electron chi connectivity index (χ4n) is 2.35. The second-order valence-electron chi connectivity index (χ2n) is 5.87. The zero-order valence-electron chi connectivity index (χ0n) is 14.5. The zero-order valence-corrected chi connectivity index (χ0v) is 15.3. The zero-order chi connectivity index (χ0) is 20.7. The van der Waals surface area contributed by atoms with Crippen LogP contribution in [0.3, 0.4) is 0 Å². The number of rotatable bonds is 11. The third-order valence-electron chi connectivity index (χ3n) is 3.78. The van der Waals surface area contributed by atoms with Crippen LogP contribution < -0.4 is 15.4 Å². The Morgan fingerprint density at radius 2 is 1.86 bits per heavy atom. The highest BCUT2D eigenvalue weighted by atomic mass is 32.2. The van der Waals surface area contributed by atoms with Gasteiger partial charge in [0.25, 0.3) is 5.91 Å². The van der Waals surface area contributed by atoms with Crippen molar-refractivity contribution >= 4 is 41.3 Å². The lowest BCUT2D eigenvalue weighted by Gasteiger charge is -2.36. The molecule has 0 radical (unpaired) electrons. The van der Waals surface area contributed by atoms with Gasteiger partial charge >= 0.3 is 11.9 Å². The molecular formula is C17H18N2O8S. The molecule has 1 aliphatic heterocycles. The summed E-state index contributed by atoms with van der Waals surface area (Å²) in [6, 6.07) is 7.73. The molecule has 1 aromatic rings. The lowest BCUT2D eigenvalue weighted by molar-refractivity contribution is -0.152. The van der Waals surface area contributed by atoms with Crippen LogP contribution in [0.2, 0.25) is 0 Å². The van der Waals surface area contributed by atoms with Crippen LogP contribution in [-0.2, 0) is 24.0 Å². The molecule has 1 aromatic carbocycles. The standard InChI is InChI=1S/C17H18N2O8S/c20-11(7-27-10-4-2-1-3-5-10)18-13-15(24)19-16(13)28-8-9(6-12(21)22)14(23)17(25)26/h1-5,9,13,16H,6-8H2,(H,18,20)(H,19,24)(H,21,22)(H,25,26)/t9?,13-,16-/m1/s1. The monoisotopic (exact) mass is 410 g/mol. The number of ether oxygens (including phenoxy) is 1. The van der Waals surface area contributed by atoms with Gasteiger partial charge in [0.1, 0.15) is 17.2 Å². The van der Waals surface area contributed by atoms with E-state index in [1.54, 1.807) is 30.3 Å². The molecule has 1 aliphatic rings. The molecular weight excluding hydrogens is 392 g/mol. The molecule has 11 heteroatoms. The second-order valence-corrected chi connectivity index (χ2v) is 7.05. The van der Waals surface area contributed by atoms with Crippen molar-refractivity contribution < 1.29 is 38.9 Å². The predicted molar refractivity (Wildman–Crippen MR) is 96.6 cm³/mol. The molecule has 150 valence electrons. The molecule has 0 saturated carbocycles. The molecule has 2 amide bonds. The van der Waals surface area contributed by atoms with E-state index in [4.69, 9.17) is 14.9 Å². The molecule has 28 heavy (non-hydrogen) atoms. The second kappa shape index (κ2) is 9.74. The largest absolute Gasteiger partial charge is 0.484 e. The molecule has 4 N–H and O–H groups in total. The van der Waals surface area contributed by atoms with Gasteiger partial charge in [-0.25, -0.2) is 4.79 Å². The van der Waals surface area contributed by atoms with Crippen molar-refractivity contribution in [3.8, 4) is 5.75 Å². The van der Waals surface area contributed by atoms with Crippen LogP contribution in [-0.4, -0.2) is 63.5 Å². The summed E-state index contributed by atoms with van der Waals surface area (Å²) in [6.45, 7) is -0.301. The molecule has 0 spiro atoms. The fraction of sp³-hybridized carbons (Fsp3) is 0.353. The number of carbonyl (C=O) groups is 5. The first-order valence-corrected chi connectivity index (χ1v) is 9.21. The van der Waals surface area contributed by atoms with E-state index in [2.05, 4.69) is 10.6 Å². The van der Waals surface area contributed by atoms with Crippen molar-refractivity contribution in [3.63, 3.8) is 0 Å². The first kappa shape index (κ1) is 21.2. The van der Waals surface area contributed by atoms with E-state index in [1.807, 2.05) is 0 Å². The van der Waals surface area contributed by atoms with Crippen LogP contribution in [0.25, 0.3) is 0 Å². The first-order chi connectivity index (χ1) is 13.3. The van der Waals surface area contributed by atoms with Gasteiger partial charge in [0, 0.05) is 11.7 Å². The number of carboxylic acid groups (broad SMARTS) is 2. The van der Waals surface area contributed by atoms with Crippen LogP contribution in [0.5, 0.6) is 5.75 Å². The molecule has 1 fully saturated rings. The Labute approximate surface area is 163 Å². The Morgan fingerprint density at radius 3 is 2.43 bits per heavy atom. The summed E-state index contributed by atoms with van der Waals surface area (Å²) in [5.41, 5.74) is 0. The summed E-state index contributed by atoms with van der Waals surface area (Å²) in [7, 11) is 0. The highest BCUT2D eigenvalue weighted by Gasteiger charge is 2.41. The van der Waals surface area contributed by atoms with Crippen molar-refractivity contribution in [2.75, 3.05) is 12.4 Å². The van der Waals surface area contributed by atoms with E-state index in [0.717, 1.165) is 11.8 Å². The molecule has 0 bridgehead atoms. The summed E-state index contributed by atoms with van der Waals surface area (Å²) in [4.78, 5) is 56.9. The van der Waals surface area contributed by atoms with E-state index < -0.39 is 53.3 Å². The Bertz CT molecular complexity index is 770. The maximum atomic E-state index is 12.0. The normalized spacial score (nSPS) is 18.9. The van der Waals surface area contributed by atoms with Crippen LogP contribution in [0.4, 0.5) is 0 Å². The SMILES string of the molecule is O=C(O)CC(CS[C@H]1NC(=O)[C@H]1NC(=O)COc1ccccc1)C(=O)C(=O)O. The van der Waals surface area contributed by atoms with E-state index >= 15 is 0 Å². The number of benzene rings is 1. The fourth-order valence-corrected chi connectivity index (χ4v) is 3.64. The molecule has 3 atom stereocenters. The summed E-state index contributed by atoms with van der Waals surface area (Å²) in [5, 5.41) is 22.0. The minimum atomic E-state index is -1.72. The smallest absolute Gasteiger partial charge is 0.372 e. The van der Waals surface area contributed by atoms with Gasteiger partial charge in [0.15, 0.2) is 6.61 Å². The van der Waals surface area contributed by atoms with E-state index in [0.29, 0.717) is 5.75 Å². The van der Waals surface area contributed by atoms with Crippen LogP contribution in [0, 0.1) is 5.92 Å². The summed E-state index contributed by atoms with van der Waals surface area (Å²) >= 11 is 0.992. The lowest BCUT2D eigenvalue weighted by Crippen LogP contribution is -2.68. The van der Waals surface area contributed by atoms with Crippen LogP contribution in [0.15, 0.2) is 30.3 Å². The number of amides is 2. The van der Waals surface area contributed by atoms with Gasteiger partial charge in [-0.1, -0.05) is 18.2 Å². The van der Waals surface area contributed by atoms with Gasteiger partial charge in [-0.3, -0.25) is 19.2 Å². The van der Waals surface area contributed by atoms with Crippen LogP contribution in [0.1, 0.15) is 6.42 Å². The Morgan fingerprint density at radius 1 is 1.18 bits per heavy atom. The number of aliphatic carboxylic acids is 2. The number of Topliss-reactive ketones (excluding diaryl/α,β-unsaturated/α-hetero) is 1. The quantitative estimate of drug-likeness (QED) is 0.278. The van der Waals surface area contributed by atoms with E-state index in [9.17, 15) is 24.0 Å². The van der Waals surface area contributed by atoms with E-state index in [1.165, 1.54) is 0 Å². The third kappa shape index (κ3) is 5.98. The number of carboxylic acids is 2. The number of carbonyl (C=O) groups excluding carboxylic acids is 3. The highest BCUT2D eigenvalue weighted by Crippen LogP contribution is 2.24. The maximum absolute atomic E-state index is 12.0. The Balaban J connectivity index is 1.84. The number of β-lactam (4-membered cyclic amide) rings is 1. The summed E-state index contributed by atoms with van der Waals surface area (Å²) in [5.74, 6) is -6.08. The minimum Gasteiger partial charge on any atom is -0.484 e. The summed E-state index contributed by atoms with van der Waals surface area (Å²) < 4.78 is 5.28. The van der Waals surface area contributed by atoms with Crippen molar-refractivity contribution in [2.24, 2.45) is 5.92 Å². The first-order valence-electron chi connectivity index (χ1n) is 8.16. The van der Waals surface area contributed by atoms with Gasteiger partial charge in [-0.05, 0) is 12.1 Å². The van der Waals surface area contributed by atoms with Gasteiger partial charge in [-0.15, -0.1) is 11.8 Å². The number of thioether (sulfide) groups is 1. The number of nitrogens with one attached hydrogen (secondary N) is 2. The molecule has 0 aliphatic carbocycles. The molecule has 2 rings (SSSR count). The lowest BCUT2D eigenvalue weighted by atomic mass is 10.0. The van der Waals surface area contributed by atoms with Crippen molar-refractivity contribution in [3.05, 3.63) is 30.3 Å². The number of ketones is 1.